The fourth-order valence-electron chi connectivity index (χ4n) is 4.12. The predicted octanol–water partition coefficient (Wildman–Crippen LogP) is 5.62. The maximum Gasteiger partial charge on any atom is 0.161 e. The Morgan fingerprint density at radius 2 is 1.24 bits per heavy atom. The largest absolute Gasteiger partial charge is 0.508 e. The van der Waals surface area contributed by atoms with Gasteiger partial charge in [-0.05, 0) is 86.7 Å². The maximum atomic E-state index is 10.9. The zero-order valence-corrected chi connectivity index (χ0v) is 17.6. The first-order valence-corrected chi connectivity index (χ1v) is 9.78. The number of phenols is 3. The smallest absolute Gasteiger partial charge is 0.161 e. The normalized spacial score (nSPS) is 11.1. The second kappa shape index (κ2) is 8.08. The molecule has 3 aromatic carbocycles. The van der Waals surface area contributed by atoms with Crippen LogP contribution in [0, 0.1) is 27.7 Å². The van der Waals surface area contributed by atoms with Gasteiger partial charge in [0, 0.05) is 17.0 Å². The molecule has 0 atom stereocenters. The molecule has 0 bridgehead atoms. The SMILES string of the molecule is CCOc1cc(C(c2c(C)cc(C)cc2O)c2c(C)cc(C)cc2O)ccc1O. The van der Waals surface area contributed by atoms with Crippen molar-refractivity contribution in [2.45, 2.75) is 40.5 Å². The summed E-state index contributed by atoms with van der Waals surface area (Å²) < 4.78 is 5.58. The van der Waals surface area contributed by atoms with Crippen molar-refractivity contribution in [2.24, 2.45) is 0 Å². The van der Waals surface area contributed by atoms with Crippen molar-refractivity contribution in [3.8, 4) is 23.0 Å². The molecule has 0 amide bonds. The van der Waals surface area contributed by atoms with Crippen LogP contribution in [0.2, 0.25) is 0 Å². The molecule has 4 heteroatoms. The lowest BCUT2D eigenvalue weighted by molar-refractivity contribution is 0.317. The minimum absolute atomic E-state index is 0.0593. The van der Waals surface area contributed by atoms with Crippen LogP contribution in [0.3, 0.4) is 0 Å². The van der Waals surface area contributed by atoms with E-state index < -0.39 is 5.92 Å². The van der Waals surface area contributed by atoms with E-state index in [-0.39, 0.29) is 17.2 Å². The Bertz CT molecular complexity index is 949. The number of phenolic OH excluding ortho intramolecular Hbond substituents is 3. The maximum absolute atomic E-state index is 10.9. The summed E-state index contributed by atoms with van der Waals surface area (Å²) in [6, 6.07) is 12.7. The third-order valence-corrected chi connectivity index (χ3v) is 5.21. The van der Waals surface area contributed by atoms with Gasteiger partial charge in [-0.3, -0.25) is 0 Å². The summed E-state index contributed by atoms with van der Waals surface area (Å²) in [5.74, 6) is 0.374. The van der Waals surface area contributed by atoms with Crippen molar-refractivity contribution < 1.29 is 20.1 Å². The highest BCUT2D eigenvalue weighted by molar-refractivity contribution is 5.60. The predicted molar refractivity (Wildman–Crippen MR) is 115 cm³/mol. The van der Waals surface area contributed by atoms with Gasteiger partial charge in [0.25, 0.3) is 0 Å². The van der Waals surface area contributed by atoms with E-state index in [0.29, 0.717) is 12.4 Å². The highest BCUT2D eigenvalue weighted by Gasteiger charge is 2.27. The van der Waals surface area contributed by atoms with Crippen LogP contribution in [0.25, 0.3) is 0 Å². The lowest BCUT2D eigenvalue weighted by Crippen LogP contribution is -2.09. The monoisotopic (exact) mass is 392 g/mol. The molecule has 3 rings (SSSR count). The summed E-state index contributed by atoms with van der Waals surface area (Å²) in [6.45, 7) is 10.1. The van der Waals surface area contributed by atoms with Crippen molar-refractivity contribution >= 4 is 0 Å². The number of benzene rings is 3. The van der Waals surface area contributed by atoms with Gasteiger partial charge in [-0.25, -0.2) is 0 Å². The van der Waals surface area contributed by atoms with E-state index in [1.165, 1.54) is 0 Å². The average molecular weight is 392 g/mol. The molecule has 3 aromatic rings. The molecule has 0 heterocycles. The Labute approximate surface area is 172 Å². The number of aryl methyl sites for hydroxylation is 4. The van der Waals surface area contributed by atoms with Crippen LogP contribution in [0.4, 0.5) is 0 Å². The van der Waals surface area contributed by atoms with Crippen LogP contribution < -0.4 is 4.74 Å². The molecule has 4 nitrogen and oxygen atoms in total. The molecule has 152 valence electrons. The first-order chi connectivity index (χ1) is 13.7. The van der Waals surface area contributed by atoms with E-state index in [4.69, 9.17) is 4.74 Å². The molecule has 0 saturated heterocycles. The highest BCUT2D eigenvalue weighted by Crippen LogP contribution is 2.45. The van der Waals surface area contributed by atoms with E-state index in [1.807, 2.05) is 46.8 Å². The zero-order valence-electron chi connectivity index (χ0n) is 17.6. The molecule has 0 aliphatic heterocycles. The number of rotatable bonds is 5. The first-order valence-electron chi connectivity index (χ1n) is 9.78. The van der Waals surface area contributed by atoms with Crippen molar-refractivity contribution in [1.29, 1.82) is 0 Å². The lowest BCUT2D eigenvalue weighted by Gasteiger charge is -2.25. The van der Waals surface area contributed by atoms with Gasteiger partial charge in [-0.15, -0.1) is 0 Å². The molecule has 29 heavy (non-hydrogen) atoms. The lowest BCUT2D eigenvalue weighted by atomic mass is 9.79. The van der Waals surface area contributed by atoms with Crippen LogP contribution in [-0.4, -0.2) is 21.9 Å². The molecule has 0 fully saturated rings. The second-order valence-electron chi connectivity index (χ2n) is 7.62. The van der Waals surface area contributed by atoms with Crippen LogP contribution in [0.15, 0.2) is 42.5 Å². The fraction of sp³-hybridized carbons (Fsp3) is 0.280. The minimum atomic E-state index is -0.420. The second-order valence-corrected chi connectivity index (χ2v) is 7.62. The number of aromatic hydroxyl groups is 3. The summed E-state index contributed by atoms with van der Waals surface area (Å²) in [7, 11) is 0. The van der Waals surface area contributed by atoms with E-state index in [2.05, 4.69) is 0 Å². The standard InChI is InChI=1S/C25H28O4/c1-6-29-22-13-18(7-8-19(22)26)25(23-16(4)9-14(2)11-20(23)27)24-17(5)10-15(3)12-21(24)28/h7-13,25-28H,6H2,1-5H3. The summed E-state index contributed by atoms with van der Waals surface area (Å²) in [5.41, 5.74) is 6.06. The Kier molecular flexibility index (Phi) is 5.73. The number of hydrogen-bond acceptors (Lipinski definition) is 4. The van der Waals surface area contributed by atoms with Gasteiger partial charge in [0.05, 0.1) is 6.61 Å². The number of hydrogen-bond donors (Lipinski definition) is 3. The molecule has 0 radical (unpaired) electrons. The average Bonchev–Trinajstić information content (AvgIpc) is 2.61. The van der Waals surface area contributed by atoms with Gasteiger partial charge >= 0.3 is 0 Å². The highest BCUT2D eigenvalue weighted by atomic mass is 16.5. The van der Waals surface area contributed by atoms with E-state index in [9.17, 15) is 15.3 Å². The fourth-order valence-corrected chi connectivity index (χ4v) is 4.12. The van der Waals surface area contributed by atoms with Crippen molar-refractivity contribution in [3.63, 3.8) is 0 Å². The molecule has 0 unspecified atom stereocenters. The van der Waals surface area contributed by atoms with Crippen LogP contribution in [-0.2, 0) is 0 Å². The Morgan fingerprint density at radius 1 is 0.724 bits per heavy atom. The van der Waals surface area contributed by atoms with Gasteiger partial charge < -0.3 is 20.1 Å². The Hall–Kier alpha value is -3.14. The summed E-state index contributed by atoms with van der Waals surface area (Å²) in [5, 5.41) is 31.9. The van der Waals surface area contributed by atoms with Gasteiger partial charge in [-0.1, -0.05) is 18.2 Å². The molecule has 0 aliphatic rings. The molecular formula is C25H28O4. The molecule has 0 spiro atoms. The van der Waals surface area contributed by atoms with Gasteiger partial charge in [-0.2, -0.15) is 0 Å². The van der Waals surface area contributed by atoms with E-state index >= 15 is 0 Å². The van der Waals surface area contributed by atoms with Gasteiger partial charge in [0.1, 0.15) is 11.5 Å². The zero-order chi connectivity index (χ0) is 21.3. The minimum Gasteiger partial charge on any atom is -0.508 e. The molecular weight excluding hydrogens is 364 g/mol. The quantitative estimate of drug-likeness (QED) is 0.493. The van der Waals surface area contributed by atoms with Crippen molar-refractivity contribution in [1.82, 2.24) is 0 Å². The molecule has 0 aromatic heterocycles. The third kappa shape index (κ3) is 4.02. The molecule has 3 N–H and O–H groups in total. The van der Waals surface area contributed by atoms with Crippen LogP contribution in [0.5, 0.6) is 23.0 Å². The van der Waals surface area contributed by atoms with Gasteiger partial charge in [0.15, 0.2) is 11.5 Å². The Morgan fingerprint density at radius 3 is 1.69 bits per heavy atom. The summed E-state index contributed by atoms with van der Waals surface area (Å²) in [6.07, 6.45) is 0. The molecule has 0 aliphatic carbocycles. The summed E-state index contributed by atoms with van der Waals surface area (Å²) in [4.78, 5) is 0. The van der Waals surface area contributed by atoms with Crippen molar-refractivity contribution in [3.05, 3.63) is 81.4 Å². The van der Waals surface area contributed by atoms with Crippen LogP contribution in [0.1, 0.15) is 51.8 Å². The first kappa shape index (κ1) is 20.6. The van der Waals surface area contributed by atoms with E-state index in [1.54, 1.807) is 30.3 Å². The summed E-state index contributed by atoms with van der Waals surface area (Å²) >= 11 is 0. The topological polar surface area (TPSA) is 69.9 Å². The van der Waals surface area contributed by atoms with Crippen molar-refractivity contribution in [2.75, 3.05) is 6.61 Å². The van der Waals surface area contributed by atoms with Crippen LogP contribution >= 0.6 is 0 Å². The number of ether oxygens (including phenoxy) is 1. The third-order valence-electron chi connectivity index (χ3n) is 5.21. The van der Waals surface area contributed by atoms with E-state index in [0.717, 1.165) is 38.9 Å². The Balaban J connectivity index is 2.34. The molecule has 0 saturated carbocycles. The van der Waals surface area contributed by atoms with Gasteiger partial charge in [0.2, 0.25) is 0 Å².